The molecule has 9 rings (SSSR count). The summed E-state index contributed by atoms with van der Waals surface area (Å²) in [6, 6.07) is 43.1. The standard InChI is InChI=1S/C42H32N4/c1-42(2)35-22-11-9-20-31(35)33-25-34-32-21-10-12-23-37(32)46(38(34)26-36(33)42)30-19-13-18-29(24-30)41-44-39(27-14-5-3-6-15-27)43-40(45-41)28-16-7-4-8-17-28/h3-23,25-26,30H,24H2,1-2H3. The zero-order valence-corrected chi connectivity index (χ0v) is 25.9. The van der Waals surface area contributed by atoms with E-state index in [2.05, 4.69) is 122 Å². The molecule has 0 amide bonds. The second-order valence-corrected chi connectivity index (χ2v) is 12.9. The number of fused-ring (bicyclic) bond motifs is 6. The number of nitrogens with zero attached hydrogens (tertiary/aromatic N) is 4. The van der Waals surface area contributed by atoms with Crippen LogP contribution >= 0.6 is 0 Å². The highest BCUT2D eigenvalue weighted by molar-refractivity contribution is 6.10. The molecular formula is C42H32N4. The van der Waals surface area contributed by atoms with Gasteiger partial charge in [0.25, 0.3) is 0 Å². The largest absolute Gasteiger partial charge is 0.333 e. The topological polar surface area (TPSA) is 43.6 Å². The summed E-state index contributed by atoms with van der Waals surface area (Å²) in [6.45, 7) is 4.71. The highest BCUT2D eigenvalue weighted by Gasteiger charge is 2.36. The fourth-order valence-electron chi connectivity index (χ4n) is 7.51. The van der Waals surface area contributed by atoms with E-state index in [-0.39, 0.29) is 11.5 Å². The van der Waals surface area contributed by atoms with Crippen LogP contribution in [0.5, 0.6) is 0 Å². The highest BCUT2D eigenvalue weighted by Crippen LogP contribution is 2.51. The lowest BCUT2D eigenvalue weighted by atomic mass is 9.82. The Morgan fingerprint density at radius 2 is 1.22 bits per heavy atom. The molecule has 46 heavy (non-hydrogen) atoms. The van der Waals surface area contributed by atoms with Crippen LogP contribution in [0.3, 0.4) is 0 Å². The number of aromatic nitrogens is 4. The van der Waals surface area contributed by atoms with Gasteiger partial charge in [-0.1, -0.05) is 135 Å². The number of hydrogen-bond donors (Lipinski definition) is 0. The lowest BCUT2D eigenvalue weighted by Crippen LogP contribution is -2.15. The fraction of sp³-hybridized carbons (Fsp3) is 0.119. The fourth-order valence-corrected chi connectivity index (χ4v) is 7.51. The van der Waals surface area contributed by atoms with Gasteiger partial charge in [0.05, 0.1) is 11.6 Å². The average molecular weight is 593 g/mol. The van der Waals surface area contributed by atoms with E-state index in [1.165, 1.54) is 44.1 Å². The second kappa shape index (κ2) is 10.2. The van der Waals surface area contributed by atoms with E-state index in [1.807, 2.05) is 36.4 Å². The molecule has 0 saturated carbocycles. The molecule has 1 atom stereocenters. The summed E-state index contributed by atoms with van der Waals surface area (Å²) in [7, 11) is 0. The lowest BCUT2D eigenvalue weighted by molar-refractivity contribution is 0.646. The van der Waals surface area contributed by atoms with E-state index in [0.29, 0.717) is 11.6 Å². The van der Waals surface area contributed by atoms with E-state index < -0.39 is 0 Å². The van der Waals surface area contributed by atoms with Crippen molar-refractivity contribution in [3.05, 3.63) is 157 Å². The number of para-hydroxylation sites is 1. The Balaban J connectivity index is 1.19. The van der Waals surface area contributed by atoms with Crippen LogP contribution in [0.15, 0.2) is 140 Å². The van der Waals surface area contributed by atoms with Gasteiger partial charge in [0, 0.05) is 39.3 Å². The molecule has 0 N–H and O–H groups in total. The minimum atomic E-state index is -0.0680. The first kappa shape index (κ1) is 26.8. The zero-order valence-electron chi connectivity index (χ0n) is 25.9. The van der Waals surface area contributed by atoms with Crippen molar-refractivity contribution in [2.45, 2.75) is 31.7 Å². The number of allylic oxidation sites excluding steroid dienone is 4. The van der Waals surface area contributed by atoms with Gasteiger partial charge in [0.2, 0.25) is 0 Å². The van der Waals surface area contributed by atoms with Crippen molar-refractivity contribution in [1.29, 1.82) is 0 Å². The molecule has 0 saturated heterocycles. The summed E-state index contributed by atoms with van der Waals surface area (Å²) in [5.74, 6) is 2.09. The molecule has 220 valence electrons. The van der Waals surface area contributed by atoms with E-state index >= 15 is 0 Å². The molecule has 0 radical (unpaired) electrons. The van der Waals surface area contributed by atoms with Crippen LogP contribution in [0.2, 0.25) is 0 Å². The summed E-state index contributed by atoms with van der Waals surface area (Å²) in [4.78, 5) is 15.0. The molecule has 4 heteroatoms. The first-order chi connectivity index (χ1) is 22.6. The van der Waals surface area contributed by atoms with Crippen molar-refractivity contribution < 1.29 is 0 Å². The van der Waals surface area contributed by atoms with Gasteiger partial charge < -0.3 is 4.57 Å². The number of hydrogen-bond acceptors (Lipinski definition) is 3. The molecule has 2 heterocycles. The average Bonchev–Trinajstić information content (AvgIpc) is 3.56. The quantitative estimate of drug-likeness (QED) is 0.204. The Labute approximate surface area is 268 Å². The molecule has 0 bridgehead atoms. The zero-order chi connectivity index (χ0) is 30.8. The summed E-state index contributed by atoms with van der Waals surface area (Å²) in [5.41, 5.74) is 11.0. The van der Waals surface area contributed by atoms with Gasteiger partial charge in [-0.15, -0.1) is 0 Å². The van der Waals surface area contributed by atoms with Crippen LogP contribution < -0.4 is 0 Å². The van der Waals surface area contributed by atoms with E-state index in [9.17, 15) is 0 Å². The van der Waals surface area contributed by atoms with Crippen LogP contribution in [0.1, 0.15) is 43.3 Å². The molecule has 2 aromatic heterocycles. The van der Waals surface area contributed by atoms with Gasteiger partial charge in [-0.2, -0.15) is 0 Å². The lowest BCUT2D eigenvalue weighted by Gasteiger charge is -2.24. The second-order valence-electron chi connectivity index (χ2n) is 12.9. The van der Waals surface area contributed by atoms with Crippen molar-refractivity contribution in [2.24, 2.45) is 0 Å². The number of rotatable bonds is 4. The molecule has 0 aliphatic heterocycles. The van der Waals surface area contributed by atoms with Gasteiger partial charge in [0.15, 0.2) is 17.5 Å². The van der Waals surface area contributed by atoms with Crippen LogP contribution in [-0.4, -0.2) is 19.5 Å². The predicted molar refractivity (Wildman–Crippen MR) is 188 cm³/mol. The maximum atomic E-state index is 5.05. The Morgan fingerprint density at radius 3 is 1.96 bits per heavy atom. The van der Waals surface area contributed by atoms with Crippen molar-refractivity contribution in [1.82, 2.24) is 19.5 Å². The Hall–Kier alpha value is -5.61. The van der Waals surface area contributed by atoms with Gasteiger partial charge in [-0.3, -0.25) is 0 Å². The molecule has 1 unspecified atom stereocenters. The summed E-state index contributed by atoms with van der Waals surface area (Å²) in [5, 5.41) is 2.58. The third-order valence-electron chi connectivity index (χ3n) is 9.79. The van der Waals surface area contributed by atoms with Gasteiger partial charge >= 0.3 is 0 Å². The molecule has 5 aromatic carbocycles. The molecule has 2 aliphatic rings. The smallest absolute Gasteiger partial charge is 0.164 e. The van der Waals surface area contributed by atoms with Crippen molar-refractivity contribution in [2.75, 3.05) is 0 Å². The number of benzene rings is 5. The summed E-state index contributed by atoms with van der Waals surface area (Å²) >= 11 is 0. The summed E-state index contributed by atoms with van der Waals surface area (Å²) in [6.07, 6.45) is 7.43. The van der Waals surface area contributed by atoms with E-state index in [0.717, 1.165) is 28.9 Å². The first-order valence-electron chi connectivity index (χ1n) is 16.0. The molecule has 7 aromatic rings. The first-order valence-corrected chi connectivity index (χ1v) is 16.0. The monoisotopic (exact) mass is 592 g/mol. The Morgan fingerprint density at radius 1 is 0.587 bits per heavy atom. The maximum absolute atomic E-state index is 5.05. The SMILES string of the molecule is CC1(C)c2ccccc2-c2cc3c4ccccc4n(C4C=CC=C(c5nc(-c6ccccc6)nc(-c6ccccc6)n5)C4)c3cc21. The van der Waals surface area contributed by atoms with Crippen LogP contribution in [-0.2, 0) is 5.41 Å². The maximum Gasteiger partial charge on any atom is 0.164 e. The third-order valence-corrected chi connectivity index (χ3v) is 9.79. The van der Waals surface area contributed by atoms with E-state index in [4.69, 9.17) is 15.0 Å². The summed E-state index contributed by atoms with van der Waals surface area (Å²) < 4.78 is 2.53. The molecule has 0 spiro atoms. The molecule has 4 nitrogen and oxygen atoms in total. The van der Waals surface area contributed by atoms with Crippen LogP contribution in [0.4, 0.5) is 0 Å². The normalized spacial score (nSPS) is 16.4. The third kappa shape index (κ3) is 4.10. The minimum absolute atomic E-state index is 0.0680. The van der Waals surface area contributed by atoms with Gasteiger partial charge in [-0.25, -0.2) is 15.0 Å². The molecule has 2 aliphatic carbocycles. The van der Waals surface area contributed by atoms with Crippen molar-refractivity contribution >= 4 is 27.4 Å². The van der Waals surface area contributed by atoms with Crippen LogP contribution in [0, 0.1) is 0 Å². The Kier molecular flexibility index (Phi) is 5.94. The van der Waals surface area contributed by atoms with Gasteiger partial charge in [-0.05, 0) is 46.0 Å². The van der Waals surface area contributed by atoms with E-state index in [1.54, 1.807) is 0 Å². The van der Waals surface area contributed by atoms with Crippen molar-refractivity contribution in [3.8, 4) is 33.9 Å². The van der Waals surface area contributed by atoms with Crippen molar-refractivity contribution in [3.63, 3.8) is 0 Å². The van der Waals surface area contributed by atoms with Crippen LogP contribution in [0.25, 0.3) is 61.3 Å². The van der Waals surface area contributed by atoms with Gasteiger partial charge in [0.1, 0.15) is 0 Å². The Bertz CT molecular complexity index is 2300. The minimum Gasteiger partial charge on any atom is -0.333 e. The predicted octanol–water partition coefficient (Wildman–Crippen LogP) is 10.2. The highest BCUT2D eigenvalue weighted by atomic mass is 15.0. The molecular weight excluding hydrogens is 560 g/mol. The molecule has 0 fully saturated rings.